The van der Waals surface area contributed by atoms with Gasteiger partial charge in [-0.2, -0.15) is 13.2 Å². The molecule has 1 unspecified atom stereocenters. The van der Waals surface area contributed by atoms with E-state index in [1.165, 1.54) is 0 Å². The number of para-hydroxylation sites is 1. The van der Waals surface area contributed by atoms with Crippen molar-refractivity contribution in [2.45, 2.75) is 65.0 Å². The quantitative estimate of drug-likeness (QED) is 0.419. The van der Waals surface area contributed by atoms with E-state index in [0.717, 1.165) is 44.8 Å². The van der Waals surface area contributed by atoms with Crippen molar-refractivity contribution in [3.8, 4) is 16.8 Å². The lowest BCUT2D eigenvalue weighted by Crippen LogP contribution is -2.54. The molecule has 0 fully saturated rings. The summed E-state index contributed by atoms with van der Waals surface area (Å²) in [6, 6.07) is 12.0. The van der Waals surface area contributed by atoms with Crippen LogP contribution in [-0.2, 0) is 17.9 Å². The summed E-state index contributed by atoms with van der Waals surface area (Å²) in [6.45, 7) is 11.8. The van der Waals surface area contributed by atoms with Crippen molar-refractivity contribution >= 4 is 0 Å². The molecule has 3 aromatic rings. The van der Waals surface area contributed by atoms with Gasteiger partial charge in [0, 0.05) is 10.8 Å². The highest BCUT2D eigenvalue weighted by molar-refractivity contribution is 5.75. The molecule has 1 atom stereocenters. The molecule has 1 aliphatic heterocycles. The van der Waals surface area contributed by atoms with Crippen LogP contribution in [0, 0.1) is 20.8 Å². The minimum Gasteiger partial charge on any atom is -0.171 e. The largest absolute Gasteiger partial charge is 0.390 e. The lowest BCUT2D eigenvalue weighted by Gasteiger charge is -2.49. The van der Waals surface area contributed by atoms with Crippen molar-refractivity contribution in [2.24, 2.45) is 7.05 Å². The van der Waals surface area contributed by atoms with Gasteiger partial charge in [0.05, 0.1) is 12.0 Å². The Balaban J connectivity index is 2.20. The molecule has 5 heteroatoms. The summed E-state index contributed by atoms with van der Waals surface area (Å²) in [5, 5.41) is 0. The molecular formula is C26H30F3N2+. The zero-order chi connectivity index (χ0) is 22.9. The Kier molecular flexibility index (Phi) is 4.69. The standard InChI is InChI=1S/C26H30F3N2/c1-16-10-8-11-17(2)21(16)19-14-30(7)31-22-18(3)12-9-13-20(22)24(4,5)25(6,23(19)31)15-26(27,28)29/h8-14H,15H2,1-7H3/q+1. The average Bonchev–Trinajstić information content (AvgIpc) is 2.96. The molecule has 0 aliphatic carbocycles. The molecule has 2 nitrogen and oxygen atoms in total. The van der Waals surface area contributed by atoms with Crippen LogP contribution in [0.5, 0.6) is 0 Å². The predicted octanol–water partition coefficient (Wildman–Crippen LogP) is 6.40. The van der Waals surface area contributed by atoms with E-state index in [0.29, 0.717) is 0 Å². The molecule has 0 radical (unpaired) electrons. The number of rotatable bonds is 2. The summed E-state index contributed by atoms with van der Waals surface area (Å²) in [4.78, 5) is 0. The van der Waals surface area contributed by atoms with Gasteiger partial charge in [0.15, 0.2) is 7.05 Å². The van der Waals surface area contributed by atoms with Gasteiger partial charge in [0.25, 0.3) is 0 Å². The number of hydrogen-bond donors (Lipinski definition) is 0. The van der Waals surface area contributed by atoms with E-state index >= 15 is 0 Å². The Morgan fingerprint density at radius 1 is 0.903 bits per heavy atom. The third-order valence-electron chi connectivity index (χ3n) is 7.43. The molecule has 0 saturated heterocycles. The fraction of sp³-hybridized carbons (Fsp3) is 0.423. The lowest BCUT2D eigenvalue weighted by molar-refractivity contribution is -0.745. The van der Waals surface area contributed by atoms with Crippen molar-refractivity contribution in [3.05, 3.63) is 70.5 Å². The summed E-state index contributed by atoms with van der Waals surface area (Å²) >= 11 is 0. The van der Waals surface area contributed by atoms with Gasteiger partial charge in [-0.05, 0) is 48.6 Å². The predicted molar refractivity (Wildman–Crippen MR) is 118 cm³/mol. The fourth-order valence-electron chi connectivity index (χ4n) is 5.54. The van der Waals surface area contributed by atoms with Crippen LogP contribution in [0.4, 0.5) is 13.2 Å². The molecule has 1 aliphatic rings. The summed E-state index contributed by atoms with van der Waals surface area (Å²) < 4.78 is 46.2. The van der Waals surface area contributed by atoms with Gasteiger partial charge in [0.1, 0.15) is 11.4 Å². The van der Waals surface area contributed by atoms with Crippen LogP contribution >= 0.6 is 0 Å². The second kappa shape index (κ2) is 6.72. The van der Waals surface area contributed by atoms with Gasteiger partial charge < -0.3 is 0 Å². The molecule has 4 rings (SSSR count). The number of hydrogen-bond acceptors (Lipinski definition) is 0. The molecule has 2 aromatic carbocycles. The maximum atomic E-state index is 14.1. The number of aryl methyl sites for hydroxylation is 4. The highest BCUT2D eigenvalue weighted by Crippen LogP contribution is 2.56. The molecule has 0 saturated carbocycles. The molecular weight excluding hydrogens is 397 g/mol. The normalized spacial score (nSPS) is 19.8. The number of fused-ring (bicyclic) bond motifs is 3. The van der Waals surface area contributed by atoms with Crippen LogP contribution in [0.3, 0.4) is 0 Å². The number of alkyl halides is 3. The van der Waals surface area contributed by atoms with Gasteiger partial charge >= 0.3 is 6.18 Å². The molecule has 0 bridgehead atoms. The van der Waals surface area contributed by atoms with E-state index in [-0.39, 0.29) is 0 Å². The summed E-state index contributed by atoms with van der Waals surface area (Å²) in [5.74, 6) is 0. The van der Waals surface area contributed by atoms with Crippen molar-refractivity contribution in [2.75, 3.05) is 0 Å². The summed E-state index contributed by atoms with van der Waals surface area (Å²) in [7, 11) is 1.92. The van der Waals surface area contributed by atoms with Crippen LogP contribution < -0.4 is 4.68 Å². The van der Waals surface area contributed by atoms with Crippen LogP contribution in [0.15, 0.2) is 42.6 Å². The second-order valence-corrected chi connectivity index (χ2v) is 9.76. The number of halogens is 3. The van der Waals surface area contributed by atoms with Crippen LogP contribution in [0.2, 0.25) is 0 Å². The van der Waals surface area contributed by atoms with Crippen molar-refractivity contribution in [1.82, 2.24) is 4.68 Å². The first-order chi connectivity index (χ1) is 14.3. The first-order valence-corrected chi connectivity index (χ1v) is 10.7. The average molecular weight is 428 g/mol. The van der Waals surface area contributed by atoms with Gasteiger partial charge in [-0.1, -0.05) is 57.2 Å². The zero-order valence-electron chi connectivity index (χ0n) is 19.3. The molecule has 31 heavy (non-hydrogen) atoms. The maximum absolute atomic E-state index is 14.1. The Morgan fingerprint density at radius 3 is 2.03 bits per heavy atom. The van der Waals surface area contributed by atoms with Crippen LogP contribution in [-0.4, -0.2) is 10.9 Å². The first-order valence-electron chi connectivity index (χ1n) is 10.7. The number of benzene rings is 2. The molecule has 164 valence electrons. The number of aromatic nitrogens is 2. The first kappa shape index (κ1) is 21.7. The Labute approximate surface area is 182 Å². The molecule has 2 heterocycles. The van der Waals surface area contributed by atoms with E-state index in [1.807, 2.05) is 93.6 Å². The van der Waals surface area contributed by atoms with E-state index < -0.39 is 23.4 Å². The molecule has 0 spiro atoms. The van der Waals surface area contributed by atoms with Crippen molar-refractivity contribution in [1.29, 1.82) is 0 Å². The Hall–Kier alpha value is -2.56. The van der Waals surface area contributed by atoms with E-state index in [2.05, 4.69) is 0 Å². The third-order valence-corrected chi connectivity index (χ3v) is 7.43. The number of nitrogens with zero attached hydrogens (tertiary/aromatic N) is 2. The third kappa shape index (κ3) is 3.04. The van der Waals surface area contributed by atoms with E-state index in [9.17, 15) is 13.2 Å². The van der Waals surface area contributed by atoms with Crippen LogP contribution in [0.25, 0.3) is 16.8 Å². The highest BCUT2D eigenvalue weighted by Gasteiger charge is 2.58. The van der Waals surface area contributed by atoms with Gasteiger partial charge in [-0.15, -0.1) is 9.36 Å². The highest BCUT2D eigenvalue weighted by atomic mass is 19.4. The lowest BCUT2D eigenvalue weighted by atomic mass is 9.56. The second-order valence-electron chi connectivity index (χ2n) is 9.76. The zero-order valence-corrected chi connectivity index (χ0v) is 19.3. The van der Waals surface area contributed by atoms with Crippen molar-refractivity contribution < 1.29 is 17.9 Å². The maximum Gasteiger partial charge on any atom is 0.390 e. The van der Waals surface area contributed by atoms with Gasteiger partial charge in [-0.25, -0.2) is 0 Å². The Bertz CT molecular complexity index is 1160. The SMILES string of the molecule is Cc1cccc(C)c1-c1c[n+](C)n2c1C(C)(CC(F)(F)F)C(C)(C)c1cccc(C)c1-2. The molecule has 0 amide bonds. The van der Waals surface area contributed by atoms with E-state index in [4.69, 9.17) is 0 Å². The minimum absolute atomic E-state index is 0.726. The van der Waals surface area contributed by atoms with Crippen LogP contribution in [0.1, 0.15) is 55.1 Å². The van der Waals surface area contributed by atoms with E-state index in [1.54, 1.807) is 6.92 Å². The fourth-order valence-corrected chi connectivity index (χ4v) is 5.54. The topological polar surface area (TPSA) is 8.81 Å². The Morgan fingerprint density at radius 2 is 1.45 bits per heavy atom. The molecule has 0 N–H and O–H groups in total. The van der Waals surface area contributed by atoms with Crippen molar-refractivity contribution in [3.63, 3.8) is 0 Å². The smallest absolute Gasteiger partial charge is 0.171 e. The van der Waals surface area contributed by atoms with Gasteiger partial charge in [0.2, 0.25) is 6.20 Å². The monoisotopic (exact) mass is 427 g/mol. The summed E-state index contributed by atoms with van der Waals surface area (Å²) in [5.41, 5.74) is 5.88. The molecule has 1 aromatic heterocycles. The minimum atomic E-state index is -4.29. The summed E-state index contributed by atoms with van der Waals surface area (Å²) in [6.07, 6.45) is -3.18. The van der Waals surface area contributed by atoms with Gasteiger partial charge in [-0.3, -0.25) is 0 Å².